The van der Waals surface area contributed by atoms with Crippen molar-refractivity contribution >= 4 is 29.2 Å². The van der Waals surface area contributed by atoms with Gasteiger partial charge in [0.25, 0.3) is 0 Å². The Morgan fingerprint density at radius 1 is 1.32 bits per heavy atom. The zero-order valence-corrected chi connectivity index (χ0v) is 9.25. The van der Waals surface area contributed by atoms with Gasteiger partial charge in [0.05, 0.1) is 10.6 Å². The van der Waals surface area contributed by atoms with Gasteiger partial charge in [-0.15, -0.1) is 0 Å². The van der Waals surface area contributed by atoms with Crippen molar-refractivity contribution in [2.75, 3.05) is 4.90 Å². The summed E-state index contributed by atoms with van der Waals surface area (Å²) in [5.74, 6) is -2.77. The quantitative estimate of drug-likeness (QED) is 0.482. The first-order valence-electron chi connectivity index (χ1n) is 5.01. The van der Waals surface area contributed by atoms with E-state index in [0.29, 0.717) is 11.0 Å². The molecule has 98 valence electrons. The Morgan fingerprint density at radius 2 is 2.00 bits per heavy atom. The molecule has 0 aromatic heterocycles. The minimum atomic E-state index is -1.18. The summed E-state index contributed by atoms with van der Waals surface area (Å²) >= 11 is 0. The van der Waals surface area contributed by atoms with E-state index in [1.807, 2.05) is 5.32 Å². The molecule has 0 aliphatic carbocycles. The number of urea groups is 1. The van der Waals surface area contributed by atoms with Gasteiger partial charge in [-0.05, 0) is 6.07 Å². The summed E-state index contributed by atoms with van der Waals surface area (Å²) in [5.41, 5.74) is -0.956. The highest BCUT2D eigenvalue weighted by atomic mass is 19.1. The van der Waals surface area contributed by atoms with Gasteiger partial charge in [-0.25, -0.2) is 9.69 Å². The molecule has 0 spiro atoms. The molecule has 0 unspecified atom stereocenters. The van der Waals surface area contributed by atoms with Crippen LogP contribution in [0.2, 0.25) is 0 Å². The van der Waals surface area contributed by atoms with E-state index in [1.165, 1.54) is 0 Å². The van der Waals surface area contributed by atoms with Crippen molar-refractivity contribution in [1.29, 1.82) is 0 Å². The number of imide groups is 2. The number of anilines is 1. The van der Waals surface area contributed by atoms with Gasteiger partial charge >= 0.3 is 11.7 Å². The third-order valence-corrected chi connectivity index (χ3v) is 2.40. The van der Waals surface area contributed by atoms with E-state index in [0.717, 1.165) is 12.1 Å². The minimum Gasteiger partial charge on any atom is -0.277 e. The van der Waals surface area contributed by atoms with E-state index in [1.54, 1.807) is 0 Å². The maximum Gasteiger partial charge on any atom is 0.335 e. The number of rotatable bonds is 2. The molecule has 8 nitrogen and oxygen atoms in total. The van der Waals surface area contributed by atoms with E-state index in [-0.39, 0.29) is 5.69 Å². The highest BCUT2D eigenvalue weighted by molar-refractivity contribution is 6.26. The fraction of sp³-hybridized carbons (Fsp3) is 0.100. The van der Waals surface area contributed by atoms with Crippen LogP contribution >= 0.6 is 0 Å². The zero-order chi connectivity index (χ0) is 14.2. The van der Waals surface area contributed by atoms with Gasteiger partial charge < -0.3 is 0 Å². The van der Waals surface area contributed by atoms with Crippen molar-refractivity contribution in [3.63, 3.8) is 0 Å². The van der Waals surface area contributed by atoms with Crippen LogP contribution in [0.4, 0.5) is 20.6 Å². The number of carbonyl (C=O) groups excluding carboxylic acids is 3. The average Bonchev–Trinajstić information content (AvgIpc) is 2.26. The molecule has 2 rings (SSSR count). The minimum absolute atomic E-state index is 0.182. The maximum atomic E-state index is 13.4. The molecule has 0 saturated carbocycles. The third kappa shape index (κ3) is 2.25. The van der Waals surface area contributed by atoms with Crippen molar-refractivity contribution < 1.29 is 23.7 Å². The first-order valence-corrected chi connectivity index (χ1v) is 5.01. The number of carbonyl (C=O) groups is 3. The second kappa shape index (κ2) is 4.44. The third-order valence-electron chi connectivity index (χ3n) is 2.40. The number of benzene rings is 1. The summed E-state index contributed by atoms with van der Waals surface area (Å²) in [7, 11) is 0. The molecular formula is C10H6FN3O5. The predicted octanol–water partition coefficient (Wildman–Crippen LogP) is 0.707. The van der Waals surface area contributed by atoms with E-state index in [2.05, 4.69) is 0 Å². The van der Waals surface area contributed by atoms with Crippen LogP contribution in [0, 0.1) is 15.9 Å². The van der Waals surface area contributed by atoms with E-state index < -0.39 is 40.7 Å². The van der Waals surface area contributed by atoms with Gasteiger partial charge in [0, 0.05) is 12.1 Å². The number of halogens is 1. The SMILES string of the molecule is O=C1CC(=O)N(c2ccc([N+](=O)[O-])c(F)c2)C(=O)N1. The molecule has 1 N–H and O–H groups in total. The molecule has 1 aliphatic heterocycles. The lowest BCUT2D eigenvalue weighted by molar-refractivity contribution is -0.387. The number of nitro benzene ring substituents is 1. The summed E-state index contributed by atoms with van der Waals surface area (Å²) in [5, 5.41) is 12.3. The summed E-state index contributed by atoms with van der Waals surface area (Å²) in [6, 6.07) is 1.55. The molecule has 4 amide bonds. The van der Waals surface area contributed by atoms with Crippen LogP contribution in [0.3, 0.4) is 0 Å². The number of hydrogen-bond donors (Lipinski definition) is 1. The van der Waals surface area contributed by atoms with Crippen molar-refractivity contribution in [3.8, 4) is 0 Å². The van der Waals surface area contributed by atoms with E-state index in [9.17, 15) is 28.9 Å². The fourth-order valence-electron chi connectivity index (χ4n) is 1.59. The van der Waals surface area contributed by atoms with Crippen molar-refractivity contribution in [2.45, 2.75) is 6.42 Å². The normalized spacial score (nSPS) is 15.4. The van der Waals surface area contributed by atoms with Crippen LogP contribution in [-0.2, 0) is 9.59 Å². The van der Waals surface area contributed by atoms with Crippen molar-refractivity contribution in [2.24, 2.45) is 0 Å². The molecule has 1 aromatic rings. The number of nitrogens with zero attached hydrogens (tertiary/aromatic N) is 2. The Kier molecular flexibility index (Phi) is 2.95. The monoisotopic (exact) mass is 267 g/mol. The van der Waals surface area contributed by atoms with Gasteiger partial charge in [-0.3, -0.25) is 25.0 Å². The molecule has 1 heterocycles. The van der Waals surface area contributed by atoms with Crippen LogP contribution in [-0.4, -0.2) is 22.8 Å². The number of nitro groups is 1. The highest BCUT2D eigenvalue weighted by Crippen LogP contribution is 2.25. The molecule has 1 aliphatic rings. The Hall–Kier alpha value is -2.84. The zero-order valence-electron chi connectivity index (χ0n) is 9.25. The standard InChI is InChI=1S/C10H6FN3O5/c11-6-3-5(1-2-7(6)14(18)19)13-9(16)4-8(15)12-10(13)17/h1-3H,4H2,(H,12,15,17). The first-order chi connectivity index (χ1) is 8.90. The van der Waals surface area contributed by atoms with Crippen LogP contribution in [0.1, 0.15) is 6.42 Å². The van der Waals surface area contributed by atoms with Crippen molar-refractivity contribution in [1.82, 2.24) is 5.32 Å². The molecule has 1 saturated heterocycles. The van der Waals surface area contributed by atoms with Gasteiger partial charge in [0.1, 0.15) is 6.42 Å². The molecule has 1 aromatic carbocycles. The van der Waals surface area contributed by atoms with E-state index >= 15 is 0 Å². The van der Waals surface area contributed by atoms with Gasteiger partial charge in [0.2, 0.25) is 17.6 Å². The summed E-state index contributed by atoms with van der Waals surface area (Å²) in [6.45, 7) is 0. The van der Waals surface area contributed by atoms with Crippen molar-refractivity contribution in [3.05, 3.63) is 34.1 Å². The maximum absolute atomic E-state index is 13.4. The lowest BCUT2D eigenvalue weighted by Crippen LogP contribution is -2.52. The average molecular weight is 267 g/mol. The number of hydrogen-bond acceptors (Lipinski definition) is 5. The van der Waals surface area contributed by atoms with Gasteiger partial charge in [-0.2, -0.15) is 4.39 Å². The topological polar surface area (TPSA) is 110 Å². The van der Waals surface area contributed by atoms with E-state index in [4.69, 9.17) is 0 Å². The molecular weight excluding hydrogens is 261 g/mol. The second-order valence-electron chi connectivity index (χ2n) is 3.65. The lowest BCUT2D eigenvalue weighted by Gasteiger charge is -2.24. The van der Waals surface area contributed by atoms with Crippen LogP contribution in [0.15, 0.2) is 18.2 Å². The second-order valence-corrected chi connectivity index (χ2v) is 3.65. The Morgan fingerprint density at radius 3 is 2.53 bits per heavy atom. The molecule has 0 bridgehead atoms. The Bertz CT molecular complexity index is 595. The molecule has 1 fully saturated rings. The highest BCUT2D eigenvalue weighted by Gasteiger charge is 2.32. The Balaban J connectivity index is 2.39. The molecule has 0 radical (unpaired) electrons. The molecule has 0 atom stereocenters. The first kappa shape index (κ1) is 12.6. The smallest absolute Gasteiger partial charge is 0.277 e. The predicted molar refractivity (Wildman–Crippen MR) is 58.7 cm³/mol. The molecule has 9 heteroatoms. The number of nitrogens with one attached hydrogen (secondary N) is 1. The summed E-state index contributed by atoms with van der Waals surface area (Å²) < 4.78 is 13.4. The lowest BCUT2D eigenvalue weighted by atomic mass is 10.2. The fourth-order valence-corrected chi connectivity index (χ4v) is 1.59. The number of barbiturate groups is 1. The summed E-state index contributed by atoms with van der Waals surface area (Å²) in [6.07, 6.45) is -0.551. The van der Waals surface area contributed by atoms with Crippen LogP contribution in [0.5, 0.6) is 0 Å². The van der Waals surface area contributed by atoms with Gasteiger partial charge in [-0.1, -0.05) is 0 Å². The van der Waals surface area contributed by atoms with Gasteiger partial charge in [0.15, 0.2) is 0 Å². The largest absolute Gasteiger partial charge is 0.335 e. The van der Waals surface area contributed by atoms with Crippen LogP contribution in [0.25, 0.3) is 0 Å². The summed E-state index contributed by atoms with van der Waals surface area (Å²) in [4.78, 5) is 44.0. The Labute approximate surface area is 104 Å². The number of amides is 4. The van der Waals surface area contributed by atoms with Crippen LogP contribution < -0.4 is 10.2 Å². The molecule has 19 heavy (non-hydrogen) atoms.